The molecule has 0 aliphatic rings. The third-order valence-electron chi connectivity index (χ3n) is 1.84. The average Bonchev–Trinajstić information content (AvgIpc) is 2.46. The number of pyridine rings is 1. The van der Waals surface area contributed by atoms with E-state index in [9.17, 15) is 0 Å². The minimum Gasteiger partial charge on any atom is -0.397 e. The fourth-order valence-corrected chi connectivity index (χ4v) is 1.21. The van der Waals surface area contributed by atoms with Crippen LogP contribution in [0.1, 0.15) is 12.6 Å². The number of hydrogen-bond acceptors (Lipinski definition) is 3. The van der Waals surface area contributed by atoms with Gasteiger partial charge in [-0.15, -0.1) is 5.10 Å². The molecule has 0 radical (unpaired) electrons. The summed E-state index contributed by atoms with van der Waals surface area (Å²) in [5.74, 6) is 0. The van der Waals surface area contributed by atoms with Crippen molar-refractivity contribution in [1.82, 2.24) is 14.8 Å². The molecule has 0 fully saturated rings. The van der Waals surface area contributed by atoms with Gasteiger partial charge >= 0.3 is 0 Å². The second kappa shape index (κ2) is 2.48. The van der Waals surface area contributed by atoms with Crippen LogP contribution < -0.4 is 5.73 Å². The van der Waals surface area contributed by atoms with E-state index in [1.165, 1.54) is 0 Å². The molecule has 2 aromatic heterocycles. The molecular weight excluding hydrogens is 152 g/mol. The molecule has 0 aliphatic carbocycles. The number of nitrogens with zero attached hydrogens (tertiary/aromatic N) is 3. The Bertz CT molecular complexity index is 404. The molecule has 4 nitrogen and oxygen atoms in total. The number of rotatable bonds is 1. The normalized spacial score (nSPS) is 10.8. The molecule has 2 aromatic rings. The van der Waals surface area contributed by atoms with Crippen molar-refractivity contribution in [1.29, 1.82) is 0 Å². The van der Waals surface area contributed by atoms with E-state index in [0.29, 0.717) is 5.69 Å². The quantitative estimate of drug-likeness (QED) is 0.677. The molecular formula is C8H10N4. The summed E-state index contributed by atoms with van der Waals surface area (Å²) in [6, 6.07) is 3.80. The highest BCUT2D eigenvalue weighted by atomic mass is 15.4. The van der Waals surface area contributed by atoms with E-state index in [1.54, 1.807) is 10.7 Å². The number of aryl methyl sites for hydroxylation is 1. The van der Waals surface area contributed by atoms with E-state index in [-0.39, 0.29) is 0 Å². The summed E-state index contributed by atoms with van der Waals surface area (Å²) >= 11 is 0. The molecule has 0 aliphatic heterocycles. The molecule has 0 saturated heterocycles. The largest absolute Gasteiger partial charge is 0.397 e. The minimum atomic E-state index is 0.704. The number of fused-ring (bicyclic) bond motifs is 1. The van der Waals surface area contributed by atoms with Crippen molar-refractivity contribution in [3.05, 3.63) is 24.0 Å². The molecule has 12 heavy (non-hydrogen) atoms. The standard InChI is InChI=1S/C8H10N4/c1-2-7-8-4-3-6(9)5-12(8)11-10-7/h3-5H,2,9H2,1H3. The summed E-state index contributed by atoms with van der Waals surface area (Å²) in [5.41, 5.74) is 8.33. The first-order chi connectivity index (χ1) is 5.81. The molecule has 2 heterocycles. The Labute approximate surface area is 70.0 Å². The van der Waals surface area contributed by atoms with Gasteiger partial charge in [-0.3, -0.25) is 0 Å². The Morgan fingerprint density at radius 3 is 3.08 bits per heavy atom. The van der Waals surface area contributed by atoms with Crippen LogP contribution in [0.5, 0.6) is 0 Å². The smallest absolute Gasteiger partial charge is 0.0902 e. The van der Waals surface area contributed by atoms with Gasteiger partial charge in [0.15, 0.2) is 0 Å². The Hall–Kier alpha value is -1.58. The van der Waals surface area contributed by atoms with Crippen molar-refractivity contribution in [3.8, 4) is 0 Å². The van der Waals surface area contributed by atoms with Gasteiger partial charge in [-0.25, -0.2) is 4.52 Å². The highest BCUT2D eigenvalue weighted by Gasteiger charge is 2.02. The number of anilines is 1. The fourth-order valence-electron chi connectivity index (χ4n) is 1.21. The molecule has 0 spiro atoms. The summed E-state index contributed by atoms with van der Waals surface area (Å²) < 4.78 is 1.70. The molecule has 62 valence electrons. The highest BCUT2D eigenvalue weighted by molar-refractivity contribution is 5.54. The lowest BCUT2D eigenvalue weighted by molar-refractivity contribution is 0.842. The number of nitrogen functional groups attached to an aromatic ring is 1. The van der Waals surface area contributed by atoms with Crippen LogP contribution in [-0.4, -0.2) is 14.8 Å². The summed E-state index contributed by atoms with van der Waals surface area (Å²) in [6.07, 6.45) is 2.66. The van der Waals surface area contributed by atoms with Crippen molar-refractivity contribution in [3.63, 3.8) is 0 Å². The van der Waals surface area contributed by atoms with Crippen LogP contribution in [-0.2, 0) is 6.42 Å². The topological polar surface area (TPSA) is 56.2 Å². The van der Waals surface area contributed by atoms with Crippen molar-refractivity contribution >= 4 is 11.2 Å². The van der Waals surface area contributed by atoms with E-state index >= 15 is 0 Å². The van der Waals surface area contributed by atoms with Crippen LogP contribution in [0.2, 0.25) is 0 Å². The Kier molecular flexibility index (Phi) is 1.46. The van der Waals surface area contributed by atoms with E-state index in [0.717, 1.165) is 17.6 Å². The summed E-state index contributed by atoms with van der Waals surface area (Å²) in [7, 11) is 0. The zero-order valence-corrected chi connectivity index (χ0v) is 6.86. The molecule has 2 rings (SSSR count). The van der Waals surface area contributed by atoms with E-state index in [4.69, 9.17) is 5.73 Å². The first-order valence-electron chi connectivity index (χ1n) is 3.90. The number of hydrogen-bond donors (Lipinski definition) is 1. The van der Waals surface area contributed by atoms with Crippen LogP contribution in [0.4, 0.5) is 5.69 Å². The fraction of sp³-hybridized carbons (Fsp3) is 0.250. The highest BCUT2D eigenvalue weighted by Crippen LogP contribution is 2.10. The van der Waals surface area contributed by atoms with Crippen LogP contribution in [0, 0.1) is 0 Å². The molecule has 0 aromatic carbocycles. The Morgan fingerprint density at radius 1 is 1.50 bits per heavy atom. The van der Waals surface area contributed by atoms with Gasteiger partial charge in [0.1, 0.15) is 0 Å². The first-order valence-corrected chi connectivity index (χ1v) is 3.90. The van der Waals surface area contributed by atoms with Gasteiger partial charge in [-0.2, -0.15) is 0 Å². The third-order valence-corrected chi connectivity index (χ3v) is 1.84. The van der Waals surface area contributed by atoms with Gasteiger partial charge in [0, 0.05) is 0 Å². The van der Waals surface area contributed by atoms with Gasteiger partial charge in [-0.1, -0.05) is 12.1 Å². The van der Waals surface area contributed by atoms with Crippen molar-refractivity contribution in [2.45, 2.75) is 13.3 Å². The lowest BCUT2D eigenvalue weighted by Crippen LogP contribution is -1.91. The lowest BCUT2D eigenvalue weighted by atomic mass is 10.3. The van der Waals surface area contributed by atoms with Crippen molar-refractivity contribution in [2.75, 3.05) is 5.73 Å². The van der Waals surface area contributed by atoms with E-state index in [2.05, 4.69) is 17.2 Å². The number of nitrogens with two attached hydrogens (primary N) is 1. The molecule has 0 atom stereocenters. The minimum absolute atomic E-state index is 0.704. The van der Waals surface area contributed by atoms with Gasteiger partial charge in [0.2, 0.25) is 0 Å². The average molecular weight is 162 g/mol. The lowest BCUT2D eigenvalue weighted by Gasteiger charge is -1.94. The third kappa shape index (κ3) is 0.922. The molecule has 0 unspecified atom stereocenters. The van der Waals surface area contributed by atoms with Crippen LogP contribution in [0.25, 0.3) is 5.52 Å². The summed E-state index contributed by atoms with van der Waals surface area (Å²) in [6.45, 7) is 2.06. The van der Waals surface area contributed by atoms with E-state index < -0.39 is 0 Å². The monoisotopic (exact) mass is 162 g/mol. The van der Waals surface area contributed by atoms with Crippen molar-refractivity contribution in [2.24, 2.45) is 0 Å². The zero-order chi connectivity index (χ0) is 8.55. The van der Waals surface area contributed by atoms with Gasteiger partial charge in [-0.05, 0) is 18.6 Å². The van der Waals surface area contributed by atoms with E-state index in [1.807, 2.05) is 12.1 Å². The first kappa shape index (κ1) is 7.09. The van der Waals surface area contributed by atoms with Gasteiger partial charge < -0.3 is 5.73 Å². The maximum Gasteiger partial charge on any atom is 0.0902 e. The molecule has 0 saturated carbocycles. The molecule has 0 amide bonds. The second-order valence-electron chi connectivity index (χ2n) is 2.68. The zero-order valence-electron chi connectivity index (χ0n) is 6.86. The Balaban J connectivity index is 2.73. The number of aromatic nitrogens is 3. The van der Waals surface area contributed by atoms with Crippen LogP contribution in [0.3, 0.4) is 0 Å². The summed E-state index contributed by atoms with van der Waals surface area (Å²) in [4.78, 5) is 0. The predicted octanol–water partition coefficient (Wildman–Crippen LogP) is 0.874. The SMILES string of the molecule is CCc1nnn2cc(N)ccc12. The van der Waals surface area contributed by atoms with Gasteiger partial charge in [0.25, 0.3) is 0 Å². The predicted molar refractivity (Wildman–Crippen MR) is 46.8 cm³/mol. The Morgan fingerprint density at radius 2 is 2.33 bits per heavy atom. The van der Waals surface area contributed by atoms with Crippen molar-refractivity contribution < 1.29 is 0 Å². The molecule has 0 bridgehead atoms. The molecule has 4 heteroatoms. The molecule has 2 N–H and O–H groups in total. The maximum atomic E-state index is 5.59. The maximum absolute atomic E-state index is 5.59. The van der Waals surface area contributed by atoms with Crippen LogP contribution >= 0.6 is 0 Å². The summed E-state index contributed by atoms with van der Waals surface area (Å²) in [5, 5.41) is 7.95. The van der Waals surface area contributed by atoms with Gasteiger partial charge in [0.05, 0.1) is 23.1 Å². The second-order valence-corrected chi connectivity index (χ2v) is 2.68. The van der Waals surface area contributed by atoms with Crippen LogP contribution in [0.15, 0.2) is 18.3 Å².